The predicted molar refractivity (Wildman–Crippen MR) is 110 cm³/mol. The molecule has 3 aromatic carbocycles. The number of ether oxygens (including phenoxy) is 2. The number of hydrogen-bond donors (Lipinski definition) is 0. The Morgan fingerprint density at radius 3 is 2.57 bits per heavy atom. The van der Waals surface area contributed by atoms with Gasteiger partial charge in [-0.2, -0.15) is 8.42 Å². The second kappa shape index (κ2) is 8.45. The molecule has 0 aromatic heterocycles. The Kier molecular flexibility index (Phi) is 5.74. The number of benzene rings is 3. The topological polar surface area (TPSA) is 61.8 Å². The molecule has 0 saturated carbocycles. The van der Waals surface area contributed by atoms with E-state index in [-0.39, 0.29) is 23.9 Å². The Bertz CT molecular complexity index is 1140. The lowest BCUT2D eigenvalue weighted by atomic mass is 10.1. The molecule has 1 aliphatic heterocycles. The van der Waals surface area contributed by atoms with Crippen molar-refractivity contribution in [3.05, 3.63) is 89.2 Å². The molecule has 1 atom stereocenters. The molecule has 0 N–H and O–H groups in total. The van der Waals surface area contributed by atoms with E-state index in [1.165, 1.54) is 18.2 Å². The number of hydrogen-bond acceptors (Lipinski definition) is 5. The molecule has 0 saturated heterocycles. The molecule has 0 aliphatic carbocycles. The fraction of sp³-hybridized carbons (Fsp3) is 0.217. The molecule has 1 aliphatic rings. The van der Waals surface area contributed by atoms with Crippen molar-refractivity contribution in [2.45, 2.75) is 31.0 Å². The zero-order valence-electron chi connectivity index (χ0n) is 16.4. The molecule has 4 rings (SSSR count). The Hall–Kier alpha value is -2.90. The SMILES string of the molecule is Cc1ccc(S(=O)(=O)OCC2Cc3cccc(OCc4ccccc4F)c3O2)cc1. The Morgan fingerprint density at radius 2 is 1.80 bits per heavy atom. The minimum atomic E-state index is -3.87. The third kappa shape index (κ3) is 4.47. The molecule has 0 bridgehead atoms. The Balaban J connectivity index is 1.40. The number of rotatable bonds is 7. The van der Waals surface area contributed by atoms with E-state index >= 15 is 0 Å². The minimum absolute atomic E-state index is 0.0649. The van der Waals surface area contributed by atoms with Crippen LogP contribution in [0.1, 0.15) is 16.7 Å². The van der Waals surface area contributed by atoms with Gasteiger partial charge < -0.3 is 9.47 Å². The van der Waals surface area contributed by atoms with Gasteiger partial charge in [0.2, 0.25) is 0 Å². The smallest absolute Gasteiger partial charge is 0.297 e. The molecule has 7 heteroatoms. The lowest BCUT2D eigenvalue weighted by molar-refractivity contribution is 0.146. The van der Waals surface area contributed by atoms with E-state index in [0.29, 0.717) is 23.5 Å². The van der Waals surface area contributed by atoms with Gasteiger partial charge in [0.05, 0.1) is 4.90 Å². The van der Waals surface area contributed by atoms with Gasteiger partial charge in [0.15, 0.2) is 11.5 Å². The number of para-hydroxylation sites is 1. The summed E-state index contributed by atoms with van der Waals surface area (Å²) in [5.41, 5.74) is 2.30. The summed E-state index contributed by atoms with van der Waals surface area (Å²) >= 11 is 0. The molecule has 0 spiro atoms. The number of aryl methyl sites for hydroxylation is 1. The third-order valence-corrected chi connectivity index (χ3v) is 6.15. The summed E-state index contributed by atoms with van der Waals surface area (Å²) in [6.45, 7) is 1.83. The zero-order valence-corrected chi connectivity index (χ0v) is 17.2. The van der Waals surface area contributed by atoms with Crippen LogP contribution < -0.4 is 9.47 Å². The van der Waals surface area contributed by atoms with E-state index in [4.69, 9.17) is 13.7 Å². The first-order chi connectivity index (χ1) is 14.4. The van der Waals surface area contributed by atoms with Crippen LogP contribution in [0.4, 0.5) is 4.39 Å². The van der Waals surface area contributed by atoms with Crippen LogP contribution in [0, 0.1) is 12.7 Å². The predicted octanol–water partition coefficient (Wildman–Crippen LogP) is 4.42. The minimum Gasteiger partial charge on any atom is -0.485 e. The maximum absolute atomic E-state index is 13.8. The quantitative estimate of drug-likeness (QED) is 0.521. The second-order valence-electron chi connectivity index (χ2n) is 7.12. The number of halogens is 1. The first kappa shape index (κ1) is 20.4. The molecule has 0 radical (unpaired) electrons. The molecular formula is C23H21FO5S. The second-order valence-corrected chi connectivity index (χ2v) is 8.74. The van der Waals surface area contributed by atoms with Gasteiger partial charge >= 0.3 is 0 Å². The van der Waals surface area contributed by atoms with Crippen LogP contribution in [0.3, 0.4) is 0 Å². The maximum Gasteiger partial charge on any atom is 0.297 e. The van der Waals surface area contributed by atoms with E-state index < -0.39 is 16.2 Å². The van der Waals surface area contributed by atoms with E-state index in [2.05, 4.69) is 0 Å². The van der Waals surface area contributed by atoms with Gasteiger partial charge in [-0.05, 0) is 31.2 Å². The lowest BCUT2D eigenvalue weighted by Gasteiger charge is -2.14. The van der Waals surface area contributed by atoms with Crippen LogP contribution in [0.2, 0.25) is 0 Å². The van der Waals surface area contributed by atoms with Gasteiger partial charge in [0.25, 0.3) is 10.1 Å². The van der Waals surface area contributed by atoms with Crippen molar-refractivity contribution in [1.82, 2.24) is 0 Å². The monoisotopic (exact) mass is 428 g/mol. The van der Waals surface area contributed by atoms with Gasteiger partial charge in [-0.3, -0.25) is 4.18 Å². The molecule has 5 nitrogen and oxygen atoms in total. The van der Waals surface area contributed by atoms with Crippen LogP contribution in [0.15, 0.2) is 71.6 Å². The van der Waals surface area contributed by atoms with Crippen LogP contribution in [-0.4, -0.2) is 21.1 Å². The van der Waals surface area contributed by atoms with Crippen molar-refractivity contribution in [2.24, 2.45) is 0 Å². The zero-order chi connectivity index (χ0) is 21.1. The average Bonchev–Trinajstić information content (AvgIpc) is 3.16. The summed E-state index contributed by atoms with van der Waals surface area (Å²) < 4.78 is 55.5. The molecule has 0 fully saturated rings. The van der Waals surface area contributed by atoms with Crippen LogP contribution in [0.5, 0.6) is 11.5 Å². The lowest BCUT2D eigenvalue weighted by Crippen LogP contribution is -2.23. The van der Waals surface area contributed by atoms with E-state index in [9.17, 15) is 12.8 Å². The van der Waals surface area contributed by atoms with Crippen molar-refractivity contribution in [2.75, 3.05) is 6.61 Å². The molecule has 156 valence electrons. The van der Waals surface area contributed by atoms with Crippen molar-refractivity contribution in [1.29, 1.82) is 0 Å². The van der Waals surface area contributed by atoms with Crippen LogP contribution in [0.25, 0.3) is 0 Å². The third-order valence-electron chi connectivity index (χ3n) is 4.85. The summed E-state index contributed by atoms with van der Waals surface area (Å²) in [5.74, 6) is 0.688. The van der Waals surface area contributed by atoms with Crippen molar-refractivity contribution in [3.8, 4) is 11.5 Å². The number of fused-ring (bicyclic) bond motifs is 1. The summed E-state index contributed by atoms with van der Waals surface area (Å²) in [7, 11) is -3.87. The fourth-order valence-corrected chi connectivity index (χ4v) is 4.16. The molecule has 0 amide bonds. The summed E-state index contributed by atoms with van der Waals surface area (Å²) in [5, 5.41) is 0. The normalized spacial score (nSPS) is 15.5. The van der Waals surface area contributed by atoms with Gasteiger partial charge in [0, 0.05) is 17.5 Å². The standard InChI is InChI=1S/C23H21FO5S/c1-16-9-11-20(12-10-16)30(25,26)28-15-19-13-17-6-4-8-22(23(17)29-19)27-14-18-5-2-3-7-21(18)24/h2-12,19H,13-15H2,1H3. The van der Waals surface area contributed by atoms with Crippen molar-refractivity contribution in [3.63, 3.8) is 0 Å². The van der Waals surface area contributed by atoms with E-state index in [1.807, 2.05) is 19.1 Å². The molecular weight excluding hydrogens is 407 g/mol. The summed E-state index contributed by atoms with van der Waals surface area (Å²) in [6, 6.07) is 18.3. The fourth-order valence-electron chi connectivity index (χ4n) is 3.23. The highest BCUT2D eigenvalue weighted by Gasteiger charge is 2.28. The van der Waals surface area contributed by atoms with Crippen LogP contribution >= 0.6 is 0 Å². The first-order valence-electron chi connectivity index (χ1n) is 9.53. The molecule has 30 heavy (non-hydrogen) atoms. The molecule has 3 aromatic rings. The van der Waals surface area contributed by atoms with E-state index in [0.717, 1.165) is 11.1 Å². The van der Waals surface area contributed by atoms with Gasteiger partial charge in [-0.25, -0.2) is 4.39 Å². The largest absolute Gasteiger partial charge is 0.485 e. The first-order valence-corrected chi connectivity index (χ1v) is 10.9. The Morgan fingerprint density at radius 1 is 1.03 bits per heavy atom. The Labute approximate surface area is 175 Å². The maximum atomic E-state index is 13.8. The van der Waals surface area contributed by atoms with Gasteiger partial charge in [0.1, 0.15) is 25.1 Å². The summed E-state index contributed by atoms with van der Waals surface area (Å²) in [6.07, 6.45) is 0.0359. The molecule has 1 heterocycles. The van der Waals surface area contributed by atoms with Crippen molar-refractivity contribution >= 4 is 10.1 Å². The average molecular weight is 428 g/mol. The van der Waals surface area contributed by atoms with Gasteiger partial charge in [-0.1, -0.05) is 48.0 Å². The summed E-state index contributed by atoms with van der Waals surface area (Å²) in [4.78, 5) is 0.109. The van der Waals surface area contributed by atoms with E-state index in [1.54, 1.807) is 36.4 Å². The highest BCUT2D eigenvalue weighted by Crippen LogP contribution is 2.38. The highest BCUT2D eigenvalue weighted by atomic mass is 32.2. The molecule has 1 unspecified atom stereocenters. The van der Waals surface area contributed by atoms with Gasteiger partial charge in [-0.15, -0.1) is 0 Å². The van der Waals surface area contributed by atoms with Crippen LogP contribution in [-0.2, 0) is 27.3 Å². The van der Waals surface area contributed by atoms with Crippen molar-refractivity contribution < 1.29 is 26.5 Å². The highest BCUT2D eigenvalue weighted by molar-refractivity contribution is 7.86.